The monoisotopic (exact) mass is 358 g/mol. The maximum atomic E-state index is 12.5. The van der Waals surface area contributed by atoms with E-state index < -0.39 is 11.7 Å². The van der Waals surface area contributed by atoms with Crippen LogP contribution in [-0.4, -0.2) is 20.4 Å². The van der Waals surface area contributed by atoms with Gasteiger partial charge < -0.3 is 9.47 Å². The molecule has 1 N–H and O–H groups in total. The van der Waals surface area contributed by atoms with Crippen LogP contribution in [0, 0.1) is 0 Å². The van der Waals surface area contributed by atoms with Gasteiger partial charge >= 0.3 is 6.18 Å². The van der Waals surface area contributed by atoms with Gasteiger partial charge in [0.15, 0.2) is 11.5 Å². The van der Waals surface area contributed by atoms with E-state index in [2.05, 4.69) is 10.5 Å². The van der Waals surface area contributed by atoms with E-state index in [1.807, 2.05) is 0 Å². The minimum absolute atomic E-state index is 0.394. The third-order valence-electron chi connectivity index (χ3n) is 3.11. The Bertz CT molecular complexity index is 731. The van der Waals surface area contributed by atoms with Gasteiger partial charge in [0.2, 0.25) is 0 Å². The number of alkyl halides is 3. The zero-order valence-corrected chi connectivity index (χ0v) is 13.6. The number of hydrogen-bond donors (Lipinski definition) is 1. The van der Waals surface area contributed by atoms with Crippen molar-refractivity contribution < 1.29 is 22.6 Å². The lowest BCUT2D eigenvalue weighted by Gasteiger charge is -2.09. The molecule has 0 radical (unpaired) electrons. The molecule has 0 spiro atoms. The number of nitrogens with one attached hydrogen (secondary N) is 1. The Morgan fingerprint density at radius 1 is 1.04 bits per heavy atom. The van der Waals surface area contributed by atoms with Gasteiger partial charge in [-0.1, -0.05) is 11.6 Å². The first-order valence-corrected chi connectivity index (χ1v) is 7.11. The molecule has 4 nitrogen and oxygen atoms in total. The SMILES string of the molecule is COc1cc(Cl)c(/C=N/Nc2ccc(C(F)(F)F)cc2)cc1OC. The minimum Gasteiger partial charge on any atom is -0.493 e. The third kappa shape index (κ3) is 4.32. The summed E-state index contributed by atoms with van der Waals surface area (Å²) in [5.41, 5.74) is 2.89. The maximum Gasteiger partial charge on any atom is 0.416 e. The topological polar surface area (TPSA) is 42.8 Å². The summed E-state index contributed by atoms with van der Waals surface area (Å²) in [6, 6.07) is 7.74. The number of benzene rings is 2. The molecule has 0 amide bonds. The molecule has 0 heterocycles. The lowest BCUT2D eigenvalue weighted by atomic mass is 10.2. The van der Waals surface area contributed by atoms with Crippen LogP contribution in [0.2, 0.25) is 5.02 Å². The summed E-state index contributed by atoms with van der Waals surface area (Å²) >= 11 is 6.11. The molecule has 0 saturated carbocycles. The fraction of sp³-hybridized carbons (Fsp3) is 0.188. The lowest BCUT2D eigenvalue weighted by Crippen LogP contribution is -2.04. The molecule has 0 aliphatic carbocycles. The molecule has 0 fully saturated rings. The van der Waals surface area contributed by atoms with Crippen molar-refractivity contribution in [1.29, 1.82) is 0 Å². The Morgan fingerprint density at radius 2 is 1.62 bits per heavy atom. The fourth-order valence-electron chi connectivity index (χ4n) is 1.88. The zero-order chi connectivity index (χ0) is 17.7. The molecule has 24 heavy (non-hydrogen) atoms. The van der Waals surface area contributed by atoms with Crippen molar-refractivity contribution >= 4 is 23.5 Å². The van der Waals surface area contributed by atoms with E-state index in [1.165, 1.54) is 32.6 Å². The van der Waals surface area contributed by atoms with E-state index >= 15 is 0 Å². The van der Waals surface area contributed by atoms with Gasteiger partial charge in [-0.05, 0) is 30.3 Å². The summed E-state index contributed by atoms with van der Waals surface area (Å²) in [4.78, 5) is 0. The van der Waals surface area contributed by atoms with E-state index in [0.29, 0.717) is 27.8 Å². The average molecular weight is 359 g/mol. The van der Waals surface area contributed by atoms with Gasteiger partial charge in [0.1, 0.15) is 0 Å². The molecule has 0 bridgehead atoms. The number of hydrogen-bond acceptors (Lipinski definition) is 4. The van der Waals surface area contributed by atoms with Crippen LogP contribution in [0.15, 0.2) is 41.5 Å². The summed E-state index contributed by atoms with van der Waals surface area (Å²) in [5, 5.41) is 4.35. The quantitative estimate of drug-likeness (QED) is 0.615. The largest absolute Gasteiger partial charge is 0.493 e. The van der Waals surface area contributed by atoms with E-state index in [0.717, 1.165) is 12.1 Å². The van der Waals surface area contributed by atoms with Gasteiger partial charge in [0.05, 0.1) is 36.7 Å². The van der Waals surface area contributed by atoms with Gasteiger partial charge in [-0.3, -0.25) is 5.43 Å². The predicted molar refractivity (Wildman–Crippen MR) is 87.2 cm³/mol. The lowest BCUT2D eigenvalue weighted by molar-refractivity contribution is -0.137. The van der Waals surface area contributed by atoms with E-state index in [1.54, 1.807) is 12.1 Å². The number of ether oxygens (including phenoxy) is 2. The molecule has 2 aromatic rings. The number of nitrogens with zero attached hydrogens (tertiary/aromatic N) is 1. The highest BCUT2D eigenvalue weighted by Crippen LogP contribution is 2.32. The Morgan fingerprint density at radius 3 is 2.17 bits per heavy atom. The summed E-state index contributed by atoms with van der Waals surface area (Å²) < 4.78 is 47.7. The second kappa shape index (κ2) is 7.44. The molecule has 2 rings (SSSR count). The number of methoxy groups -OCH3 is 2. The van der Waals surface area contributed by atoms with Crippen LogP contribution in [0.25, 0.3) is 0 Å². The Hall–Kier alpha value is -2.41. The van der Waals surface area contributed by atoms with Crippen molar-refractivity contribution in [2.45, 2.75) is 6.18 Å². The van der Waals surface area contributed by atoms with Crippen LogP contribution in [-0.2, 0) is 6.18 Å². The molecule has 0 saturated heterocycles. The van der Waals surface area contributed by atoms with Gasteiger partial charge in [-0.15, -0.1) is 0 Å². The van der Waals surface area contributed by atoms with Crippen molar-refractivity contribution in [2.24, 2.45) is 5.10 Å². The van der Waals surface area contributed by atoms with Crippen molar-refractivity contribution in [3.63, 3.8) is 0 Å². The third-order valence-corrected chi connectivity index (χ3v) is 3.44. The first-order chi connectivity index (χ1) is 11.3. The van der Waals surface area contributed by atoms with Crippen molar-refractivity contribution in [2.75, 3.05) is 19.6 Å². The number of rotatable bonds is 5. The van der Waals surface area contributed by atoms with Crippen LogP contribution in [0.3, 0.4) is 0 Å². The smallest absolute Gasteiger partial charge is 0.416 e. The van der Waals surface area contributed by atoms with E-state index in [4.69, 9.17) is 21.1 Å². The average Bonchev–Trinajstić information content (AvgIpc) is 2.55. The van der Waals surface area contributed by atoms with Gasteiger partial charge in [-0.2, -0.15) is 18.3 Å². The Balaban J connectivity index is 2.12. The second-order valence-electron chi connectivity index (χ2n) is 4.67. The molecule has 0 unspecified atom stereocenters. The molecule has 8 heteroatoms. The number of hydrazone groups is 1. The molecular weight excluding hydrogens is 345 g/mol. The highest BCUT2D eigenvalue weighted by Gasteiger charge is 2.29. The number of halogens is 4. The Kier molecular flexibility index (Phi) is 5.56. The van der Waals surface area contributed by atoms with Crippen LogP contribution in [0.4, 0.5) is 18.9 Å². The molecule has 0 atom stereocenters. The van der Waals surface area contributed by atoms with E-state index in [-0.39, 0.29) is 0 Å². The highest BCUT2D eigenvalue weighted by molar-refractivity contribution is 6.33. The van der Waals surface area contributed by atoms with Crippen LogP contribution in [0.5, 0.6) is 11.5 Å². The first-order valence-electron chi connectivity index (χ1n) is 6.73. The first kappa shape index (κ1) is 17.9. The van der Waals surface area contributed by atoms with Crippen LogP contribution < -0.4 is 14.9 Å². The predicted octanol–water partition coefficient (Wildman–Crippen LogP) is 4.82. The second-order valence-corrected chi connectivity index (χ2v) is 5.08. The summed E-state index contributed by atoms with van der Waals surface area (Å²) in [5.74, 6) is 0.966. The molecule has 2 aromatic carbocycles. The maximum absolute atomic E-state index is 12.5. The van der Waals surface area contributed by atoms with Gasteiger partial charge in [0.25, 0.3) is 0 Å². The fourth-order valence-corrected chi connectivity index (χ4v) is 2.08. The van der Waals surface area contributed by atoms with Gasteiger partial charge in [-0.25, -0.2) is 0 Å². The number of anilines is 1. The molecule has 0 aliphatic heterocycles. The van der Waals surface area contributed by atoms with Crippen LogP contribution in [0.1, 0.15) is 11.1 Å². The summed E-state index contributed by atoms with van der Waals surface area (Å²) in [7, 11) is 2.99. The minimum atomic E-state index is -4.37. The van der Waals surface area contributed by atoms with Crippen molar-refractivity contribution in [3.05, 3.63) is 52.5 Å². The van der Waals surface area contributed by atoms with Crippen LogP contribution >= 0.6 is 11.6 Å². The molecule has 128 valence electrons. The summed E-state index contributed by atoms with van der Waals surface area (Å²) in [6.45, 7) is 0. The van der Waals surface area contributed by atoms with E-state index in [9.17, 15) is 13.2 Å². The molecular formula is C16H14ClF3N2O2. The van der Waals surface area contributed by atoms with Gasteiger partial charge in [0, 0.05) is 11.6 Å². The van der Waals surface area contributed by atoms with Crippen molar-refractivity contribution in [1.82, 2.24) is 0 Å². The normalized spacial score (nSPS) is 11.6. The van der Waals surface area contributed by atoms with Crippen molar-refractivity contribution in [3.8, 4) is 11.5 Å². The summed E-state index contributed by atoms with van der Waals surface area (Å²) in [6.07, 6.45) is -2.93. The Labute approximate surface area is 141 Å². The highest BCUT2D eigenvalue weighted by atomic mass is 35.5. The zero-order valence-electron chi connectivity index (χ0n) is 12.8. The molecule has 0 aliphatic rings. The standard InChI is InChI=1S/C16H14ClF3N2O2/c1-23-14-7-10(13(17)8-15(14)24-2)9-21-22-12-5-3-11(4-6-12)16(18,19)20/h3-9,22H,1-2H3/b21-9+. The molecule has 0 aromatic heterocycles.